The summed E-state index contributed by atoms with van der Waals surface area (Å²) in [6.45, 7) is 0.957. The Morgan fingerprint density at radius 1 is 1.43 bits per heavy atom. The monoisotopic (exact) mass is 307 g/mol. The van der Waals surface area contributed by atoms with Crippen LogP contribution in [0.5, 0.6) is 5.75 Å². The highest BCUT2D eigenvalue weighted by Crippen LogP contribution is 2.37. The number of ether oxygens (including phenoxy) is 1. The molecular formula is C12H12F3NO5. The topological polar surface area (TPSA) is 110 Å². The molecule has 0 unspecified atom stereocenters. The summed E-state index contributed by atoms with van der Waals surface area (Å²) in [5.41, 5.74) is 3.32. The van der Waals surface area contributed by atoms with Crippen LogP contribution >= 0.6 is 0 Å². The van der Waals surface area contributed by atoms with Gasteiger partial charge in [0.05, 0.1) is 6.61 Å². The Morgan fingerprint density at radius 3 is 2.48 bits per heavy atom. The van der Waals surface area contributed by atoms with Crippen LogP contribution in [0.15, 0.2) is 12.1 Å². The number of halogens is 3. The third-order valence-corrected chi connectivity index (χ3v) is 2.61. The SMILES string of the molecule is CCOC(=O)C(F)(F)[C@H](N)c1cc(F)cc(C(=O)O)c1O. The van der Waals surface area contributed by atoms with E-state index in [2.05, 4.69) is 4.74 Å². The fourth-order valence-corrected chi connectivity index (χ4v) is 1.57. The van der Waals surface area contributed by atoms with Crippen LogP contribution in [0.3, 0.4) is 0 Å². The lowest BCUT2D eigenvalue weighted by Crippen LogP contribution is -2.42. The van der Waals surface area contributed by atoms with E-state index >= 15 is 0 Å². The highest BCUT2D eigenvalue weighted by Gasteiger charge is 2.49. The van der Waals surface area contributed by atoms with Crippen molar-refractivity contribution >= 4 is 11.9 Å². The lowest BCUT2D eigenvalue weighted by atomic mass is 9.97. The zero-order valence-corrected chi connectivity index (χ0v) is 10.8. The number of hydrogen-bond acceptors (Lipinski definition) is 5. The first-order valence-corrected chi connectivity index (χ1v) is 5.69. The number of hydrogen-bond donors (Lipinski definition) is 3. The molecule has 4 N–H and O–H groups in total. The van der Waals surface area contributed by atoms with Crippen molar-refractivity contribution in [3.8, 4) is 5.75 Å². The molecule has 1 aromatic rings. The molecular weight excluding hydrogens is 295 g/mol. The predicted octanol–water partition coefficient (Wildman–Crippen LogP) is 1.43. The molecule has 0 radical (unpaired) electrons. The number of carbonyl (C=O) groups is 2. The van der Waals surface area contributed by atoms with Gasteiger partial charge in [0.2, 0.25) is 0 Å². The van der Waals surface area contributed by atoms with E-state index in [1.165, 1.54) is 6.92 Å². The summed E-state index contributed by atoms with van der Waals surface area (Å²) < 4.78 is 44.9. The van der Waals surface area contributed by atoms with E-state index in [4.69, 9.17) is 10.8 Å². The standard InChI is InChI=1S/C12H12F3NO5/c1-2-21-11(20)12(14,15)9(16)6-3-5(13)4-7(8(6)17)10(18)19/h3-4,9,17H,2,16H2,1H3,(H,18,19)/t9-/m1/s1. The predicted molar refractivity (Wildman–Crippen MR) is 63.5 cm³/mol. The quantitative estimate of drug-likeness (QED) is 0.710. The summed E-state index contributed by atoms with van der Waals surface area (Å²) in [6.07, 6.45) is 0. The first-order chi connectivity index (χ1) is 9.62. The molecule has 0 spiro atoms. The van der Waals surface area contributed by atoms with Gasteiger partial charge in [-0.25, -0.2) is 14.0 Å². The van der Waals surface area contributed by atoms with Crippen LogP contribution < -0.4 is 5.73 Å². The average molecular weight is 307 g/mol. The number of esters is 1. The minimum absolute atomic E-state index is 0.337. The smallest absolute Gasteiger partial charge is 0.379 e. The summed E-state index contributed by atoms with van der Waals surface area (Å²) in [5.74, 6) is -10.3. The van der Waals surface area contributed by atoms with Crippen molar-refractivity contribution in [1.82, 2.24) is 0 Å². The van der Waals surface area contributed by atoms with Gasteiger partial charge < -0.3 is 20.7 Å². The summed E-state index contributed by atoms with van der Waals surface area (Å²) in [5, 5.41) is 18.4. The van der Waals surface area contributed by atoms with E-state index in [0.717, 1.165) is 0 Å². The Kier molecular flexibility index (Phi) is 4.79. The molecule has 0 aliphatic heterocycles. The van der Waals surface area contributed by atoms with E-state index in [1.54, 1.807) is 0 Å². The Balaban J connectivity index is 3.33. The lowest BCUT2D eigenvalue weighted by molar-refractivity contribution is -0.174. The van der Waals surface area contributed by atoms with Crippen LogP contribution in [0.4, 0.5) is 13.2 Å². The van der Waals surface area contributed by atoms with Gasteiger partial charge in [0, 0.05) is 5.56 Å². The van der Waals surface area contributed by atoms with Crippen molar-refractivity contribution in [2.24, 2.45) is 5.73 Å². The second-order valence-corrected chi connectivity index (χ2v) is 4.02. The number of carbonyl (C=O) groups excluding carboxylic acids is 1. The largest absolute Gasteiger partial charge is 0.507 e. The lowest BCUT2D eigenvalue weighted by Gasteiger charge is -2.23. The van der Waals surface area contributed by atoms with Crippen molar-refractivity contribution < 1.29 is 37.7 Å². The van der Waals surface area contributed by atoms with Crippen LogP contribution in [-0.4, -0.2) is 34.7 Å². The fraction of sp³-hybridized carbons (Fsp3) is 0.333. The molecule has 21 heavy (non-hydrogen) atoms. The number of nitrogens with two attached hydrogens (primary N) is 1. The first kappa shape index (κ1) is 16.8. The van der Waals surface area contributed by atoms with Crippen molar-refractivity contribution in [3.63, 3.8) is 0 Å². The van der Waals surface area contributed by atoms with Crippen molar-refractivity contribution in [2.45, 2.75) is 18.9 Å². The molecule has 9 heteroatoms. The third kappa shape index (κ3) is 3.24. The number of carboxylic acids is 1. The highest BCUT2D eigenvalue weighted by atomic mass is 19.3. The third-order valence-electron chi connectivity index (χ3n) is 2.61. The van der Waals surface area contributed by atoms with Gasteiger partial charge in [0.15, 0.2) is 0 Å². The minimum Gasteiger partial charge on any atom is -0.507 e. The molecule has 1 rings (SSSR count). The van der Waals surface area contributed by atoms with Gasteiger partial charge in [-0.15, -0.1) is 0 Å². The van der Waals surface area contributed by atoms with Crippen molar-refractivity contribution in [2.75, 3.05) is 6.61 Å². The van der Waals surface area contributed by atoms with E-state index in [-0.39, 0.29) is 6.61 Å². The number of phenols is 1. The van der Waals surface area contributed by atoms with Gasteiger partial charge in [-0.3, -0.25) is 0 Å². The Hall–Kier alpha value is -2.29. The minimum atomic E-state index is -4.27. The second-order valence-electron chi connectivity index (χ2n) is 4.02. The summed E-state index contributed by atoms with van der Waals surface area (Å²) in [7, 11) is 0. The van der Waals surface area contributed by atoms with Gasteiger partial charge in [-0.2, -0.15) is 8.78 Å². The van der Waals surface area contributed by atoms with Gasteiger partial charge in [-0.1, -0.05) is 0 Å². The summed E-state index contributed by atoms with van der Waals surface area (Å²) in [6, 6.07) is -1.60. The first-order valence-electron chi connectivity index (χ1n) is 5.69. The molecule has 0 amide bonds. The molecule has 116 valence electrons. The molecule has 1 atom stereocenters. The zero-order chi connectivity index (χ0) is 16.4. The maximum atomic E-state index is 13.7. The molecule has 0 aromatic heterocycles. The van der Waals surface area contributed by atoms with Crippen LogP contribution in [0.25, 0.3) is 0 Å². The number of aromatic hydroxyl groups is 1. The molecule has 6 nitrogen and oxygen atoms in total. The maximum absolute atomic E-state index is 13.7. The molecule has 0 saturated heterocycles. The second kappa shape index (κ2) is 6.00. The Labute approximate surface area is 116 Å². The Morgan fingerprint density at radius 2 is 2.00 bits per heavy atom. The van der Waals surface area contributed by atoms with E-state index < -0.39 is 46.6 Å². The van der Waals surface area contributed by atoms with Crippen LogP contribution in [0.1, 0.15) is 28.9 Å². The average Bonchev–Trinajstić information content (AvgIpc) is 2.40. The van der Waals surface area contributed by atoms with E-state index in [0.29, 0.717) is 12.1 Å². The molecule has 1 aromatic carbocycles. The van der Waals surface area contributed by atoms with Crippen molar-refractivity contribution in [3.05, 3.63) is 29.1 Å². The molecule has 0 aliphatic carbocycles. The molecule has 0 heterocycles. The molecule has 0 bridgehead atoms. The van der Waals surface area contributed by atoms with Gasteiger partial charge in [-0.05, 0) is 19.1 Å². The van der Waals surface area contributed by atoms with Gasteiger partial charge >= 0.3 is 17.9 Å². The van der Waals surface area contributed by atoms with Crippen LogP contribution in [0, 0.1) is 5.82 Å². The van der Waals surface area contributed by atoms with Crippen LogP contribution in [0.2, 0.25) is 0 Å². The maximum Gasteiger partial charge on any atom is 0.379 e. The summed E-state index contributed by atoms with van der Waals surface area (Å²) >= 11 is 0. The van der Waals surface area contributed by atoms with Crippen molar-refractivity contribution in [1.29, 1.82) is 0 Å². The number of carboxylic acid groups (broad SMARTS) is 1. The molecule has 0 aliphatic rings. The van der Waals surface area contributed by atoms with E-state index in [1.807, 2.05) is 0 Å². The summed E-state index contributed by atoms with van der Waals surface area (Å²) in [4.78, 5) is 21.9. The molecule has 0 fully saturated rings. The number of benzene rings is 1. The number of aromatic carboxylic acids is 1. The van der Waals surface area contributed by atoms with Gasteiger partial charge in [0.25, 0.3) is 0 Å². The van der Waals surface area contributed by atoms with E-state index in [9.17, 15) is 27.9 Å². The number of alkyl halides is 2. The van der Waals surface area contributed by atoms with Crippen LogP contribution in [-0.2, 0) is 9.53 Å². The number of rotatable bonds is 5. The molecule has 0 saturated carbocycles. The zero-order valence-electron chi connectivity index (χ0n) is 10.8. The van der Waals surface area contributed by atoms with Gasteiger partial charge in [0.1, 0.15) is 23.2 Å². The highest BCUT2D eigenvalue weighted by molar-refractivity contribution is 5.91. The normalized spacial score (nSPS) is 12.8. The Bertz CT molecular complexity index is 576. The fourth-order valence-electron chi connectivity index (χ4n) is 1.57.